The number of anilines is 6. The van der Waals surface area contributed by atoms with Crippen LogP contribution in [0.3, 0.4) is 0 Å². The molecule has 7 aromatic rings. The first-order valence-electron chi connectivity index (χ1n) is 26.7. The molecule has 4 heteroatoms. The Morgan fingerprint density at radius 1 is 0.443 bits per heavy atom. The maximum Gasteiger partial charge on any atom is 0.264 e. The number of rotatable bonds is 3. The molecule has 0 N–H and O–H groups in total. The third-order valence-corrected chi connectivity index (χ3v) is 20.0. The van der Waals surface area contributed by atoms with Gasteiger partial charge in [-0.05, 0) is 192 Å². The summed E-state index contributed by atoms with van der Waals surface area (Å²) in [5, 5.41) is 1.37. The van der Waals surface area contributed by atoms with Gasteiger partial charge in [0, 0.05) is 43.3 Å². The highest BCUT2D eigenvalue weighted by Crippen LogP contribution is 2.55. The smallest absolute Gasteiger partial charge is 0.264 e. The van der Waals surface area contributed by atoms with Gasteiger partial charge in [-0.3, -0.25) is 0 Å². The molecule has 0 amide bonds. The van der Waals surface area contributed by atoms with Crippen LogP contribution in [-0.4, -0.2) is 6.71 Å². The predicted octanol–water partition coefficient (Wildman–Crippen LogP) is 17.0. The van der Waals surface area contributed by atoms with E-state index >= 15 is 0 Å². The first-order valence-corrected chi connectivity index (χ1v) is 27.5. The molecule has 1 aromatic heterocycles. The van der Waals surface area contributed by atoms with E-state index in [4.69, 9.17) is 0 Å². The number of hydrogen-bond acceptors (Lipinski definition) is 3. The Bertz CT molecular complexity index is 3330. The van der Waals surface area contributed by atoms with Crippen LogP contribution < -0.4 is 25.5 Å². The largest absolute Gasteiger partial charge is 0.311 e. The van der Waals surface area contributed by atoms with Gasteiger partial charge in [-0.25, -0.2) is 0 Å². The highest BCUT2D eigenvalue weighted by Gasteiger charge is 2.49. The van der Waals surface area contributed by atoms with E-state index in [1.165, 1.54) is 149 Å². The first-order chi connectivity index (χ1) is 32.8. The summed E-state index contributed by atoms with van der Waals surface area (Å²) < 4.78 is 2.82. The van der Waals surface area contributed by atoms with E-state index < -0.39 is 0 Å². The highest BCUT2D eigenvalue weighted by atomic mass is 32.1. The van der Waals surface area contributed by atoms with Gasteiger partial charge in [0.05, 0.1) is 5.69 Å². The Hall–Kier alpha value is -5.06. The molecule has 0 saturated carbocycles. The van der Waals surface area contributed by atoms with Crippen LogP contribution >= 0.6 is 11.3 Å². The zero-order chi connectivity index (χ0) is 49.5. The first kappa shape index (κ1) is 46.0. The van der Waals surface area contributed by atoms with Crippen molar-refractivity contribution in [3.63, 3.8) is 0 Å². The van der Waals surface area contributed by atoms with E-state index in [9.17, 15) is 0 Å². The van der Waals surface area contributed by atoms with E-state index in [-0.39, 0.29) is 44.6 Å². The minimum atomic E-state index is 0.00351. The second kappa shape index (κ2) is 14.8. The molecule has 0 unspecified atom stereocenters. The summed E-state index contributed by atoms with van der Waals surface area (Å²) in [5.74, 6) is 0. The topological polar surface area (TPSA) is 6.48 Å². The summed E-state index contributed by atoms with van der Waals surface area (Å²) in [4.78, 5) is 5.48. The average Bonchev–Trinajstić information content (AvgIpc) is 3.69. The molecule has 5 aliphatic rings. The standard InChI is InChI=1S/C66H75BN2S/c1-60(2,3)42-21-26-56-45(35-42)58-59(70-56)67-52-38-50-51(66(14,15)32-31-65(50,12)13)39-53(52)68(43-22-24-46-48(36-43)63(8,9)29-27-61(46,4)5)54-33-41(40-19-17-16-18-20-40)34-55(57(54)67)69(58)44-23-25-47-49(37-44)64(10,11)30-28-62(47,6)7/h16-26,33-39H,27-32H2,1-15H3. The molecule has 0 spiro atoms. The van der Waals surface area contributed by atoms with Crippen LogP contribution in [0.2, 0.25) is 0 Å². The van der Waals surface area contributed by atoms with E-state index in [1.807, 2.05) is 11.3 Å². The molecule has 2 aliphatic heterocycles. The molecule has 0 atom stereocenters. The van der Waals surface area contributed by atoms with Gasteiger partial charge in [0.25, 0.3) is 6.71 Å². The van der Waals surface area contributed by atoms with Crippen LogP contribution in [0.4, 0.5) is 34.1 Å². The van der Waals surface area contributed by atoms with Crippen LogP contribution in [0.1, 0.15) is 181 Å². The minimum absolute atomic E-state index is 0.00351. The van der Waals surface area contributed by atoms with Gasteiger partial charge in [-0.1, -0.05) is 158 Å². The van der Waals surface area contributed by atoms with Crippen molar-refractivity contribution in [2.24, 2.45) is 0 Å². The van der Waals surface area contributed by atoms with Gasteiger partial charge < -0.3 is 9.80 Å². The van der Waals surface area contributed by atoms with E-state index in [0.717, 1.165) is 0 Å². The Morgan fingerprint density at radius 2 is 0.914 bits per heavy atom. The summed E-state index contributed by atoms with van der Waals surface area (Å²) in [5.41, 5.74) is 24.1. The lowest BCUT2D eigenvalue weighted by Gasteiger charge is -2.48. The lowest BCUT2D eigenvalue weighted by molar-refractivity contribution is 0.332. The molecule has 2 nitrogen and oxygen atoms in total. The van der Waals surface area contributed by atoms with Gasteiger partial charge in [0.1, 0.15) is 0 Å². The molecule has 3 aliphatic carbocycles. The Labute approximate surface area is 425 Å². The quantitative estimate of drug-likeness (QED) is 0.163. The lowest BCUT2D eigenvalue weighted by atomic mass is 9.35. The van der Waals surface area contributed by atoms with Gasteiger partial charge in [-0.15, -0.1) is 11.3 Å². The summed E-state index contributed by atoms with van der Waals surface area (Å²) in [6.07, 6.45) is 7.12. The van der Waals surface area contributed by atoms with E-state index in [1.54, 1.807) is 0 Å². The number of fused-ring (bicyclic) bond motifs is 9. The molecular weight excluding hydrogens is 864 g/mol. The second-order valence-electron chi connectivity index (χ2n) is 27.4. The third kappa shape index (κ3) is 6.77. The van der Waals surface area contributed by atoms with Crippen molar-refractivity contribution in [2.75, 3.05) is 9.80 Å². The molecule has 6 aromatic carbocycles. The Balaban J connectivity index is 1.24. The number of nitrogens with zero attached hydrogens (tertiary/aromatic N) is 2. The molecule has 0 fully saturated rings. The van der Waals surface area contributed by atoms with Crippen LogP contribution in [0.25, 0.3) is 21.2 Å². The normalized spacial score (nSPS) is 20.5. The summed E-state index contributed by atoms with van der Waals surface area (Å²) in [7, 11) is 0. The maximum atomic E-state index is 2.74. The molecule has 70 heavy (non-hydrogen) atoms. The summed E-state index contributed by atoms with van der Waals surface area (Å²) >= 11 is 2.04. The monoisotopic (exact) mass is 939 g/mol. The van der Waals surface area contributed by atoms with Gasteiger partial charge in [0.15, 0.2) is 0 Å². The second-order valence-corrected chi connectivity index (χ2v) is 28.5. The van der Waals surface area contributed by atoms with Crippen LogP contribution in [0.15, 0.2) is 109 Å². The molecular formula is C66H75BN2S. The summed E-state index contributed by atoms with van der Waals surface area (Å²) in [6.45, 7) is 36.9. The molecule has 0 bridgehead atoms. The van der Waals surface area contributed by atoms with Crippen molar-refractivity contribution in [3.8, 4) is 11.1 Å². The van der Waals surface area contributed by atoms with Crippen molar-refractivity contribution in [3.05, 3.63) is 148 Å². The van der Waals surface area contributed by atoms with E-state index in [0.29, 0.717) is 0 Å². The van der Waals surface area contributed by atoms with Crippen LogP contribution in [0.5, 0.6) is 0 Å². The number of benzene rings is 6. The fourth-order valence-electron chi connectivity index (χ4n) is 13.8. The number of thiophene rings is 1. The predicted molar refractivity (Wildman–Crippen MR) is 306 cm³/mol. The zero-order valence-corrected chi connectivity index (χ0v) is 45.8. The average molecular weight is 939 g/mol. The summed E-state index contributed by atoms with van der Waals surface area (Å²) in [6, 6.07) is 44.4. The molecule has 0 radical (unpaired) electrons. The van der Waals surface area contributed by atoms with E-state index in [2.05, 4.69) is 223 Å². The van der Waals surface area contributed by atoms with Gasteiger partial charge >= 0.3 is 0 Å². The molecule has 0 saturated heterocycles. The van der Waals surface area contributed by atoms with Crippen molar-refractivity contribution < 1.29 is 0 Å². The fourth-order valence-corrected chi connectivity index (χ4v) is 15.1. The lowest BCUT2D eigenvalue weighted by Crippen LogP contribution is -2.61. The molecule has 358 valence electrons. The van der Waals surface area contributed by atoms with Crippen LogP contribution in [0, 0.1) is 0 Å². The van der Waals surface area contributed by atoms with Gasteiger partial charge in [-0.2, -0.15) is 0 Å². The van der Waals surface area contributed by atoms with Crippen LogP contribution in [-0.2, 0) is 37.9 Å². The SMILES string of the molecule is CC(C)(C)c1ccc2sc3c(c2c1)N(c1ccc2c(c1)C(C)(C)CCC2(C)C)c1cc(-c2ccccc2)cc2c1B3c1cc3c(cc1N2c1ccc2c(c1)C(C)(C)CCC2(C)C)C(C)(C)CCC3(C)C. The maximum absolute atomic E-state index is 2.74. The number of hydrogen-bond donors (Lipinski definition) is 0. The van der Waals surface area contributed by atoms with Crippen molar-refractivity contribution in [2.45, 2.75) is 180 Å². The molecule has 3 heterocycles. The fraction of sp³-hybridized carbons (Fsp3) is 0.424. The van der Waals surface area contributed by atoms with Crippen molar-refractivity contribution >= 4 is 78.0 Å². The highest BCUT2D eigenvalue weighted by molar-refractivity contribution is 7.33. The Morgan fingerprint density at radius 3 is 1.44 bits per heavy atom. The Kier molecular flexibility index (Phi) is 9.72. The van der Waals surface area contributed by atoms with Crippen molar-refractivity contribution in [1.29, 1.82) is 0 Å². The third-order valence-electron chi connectivity index (χ3n) is 18.8. The minimum Gasteiger partial charge on any atom is -0.311 e. The zero-order valence-electron chi connectivity index (χ0n) is 45.0. The molecule has 12 rings (SSSR count). The van der Waals surface area contributed by atoms with Crippen molar-refractivity contribution in [1.82, 2.24) is 0 Å². The van der Waals surface area contributed by atoms with Gasteiger partial charge in [0.2, 0.25) is 0 Å².